The largest absolute Gasteiger partial charge is 0.503 e. The Bertz CT molecular complexity index is 450. The third-order valence-electron chi connectivity index (χ3n) is 2.21. The number of hydrogen-bond donors (Lipinski definition) is 1. The van der Waals surface area contributed by atoms with Crippen LogP contribution in [-0.2, 0) is 4.79 Å². The summed E-state index contributed by atoms with van der Waals surface area (Å²) in [6, 6.07) is 3.40. The van der Waals surface area contributed by atoms with Gasteiger partial charge in [-0.3, -0.25) is 4.79 Å². The van der Waals surface area contributed by atoms with Gasteiger partial charge in [0.15, 0.2) is 17.3 Å². The van der Waals surface area contributed by atoms with Crippen LogP contribution >= 0.6 is 15.9 Å². The molecule has 0 bridgehead atoms. The molecule has 0 amide bonds. The lowest BCUT2D eigenvalue weighted by atomic mass is 10.1. The Labute approximate surface area is 103 Å². The van der Waals surface area contributed by atoms with E-state index in [-0.39, 0.29) is 11.5 Å². The van der Waals surface area contributed by atoms with E-state index < -0.39 is 0 Å². The molecule has 0 saturated heterocycles. The molecule has 1 aromatic carbocycles. The summed E-state index contributed by atoms with van der Waals surface area (Å²) in [7, 11) is 1.48. The van der Waals surface area contributed by atoms with Gasteiger partial charge in [0.05, 0.1) is 11.6 Å². The van der Waals surface area contributed by atoms with Crippen LogP contribution in [0.15, 0.2) is 22.2 Å². The van der Waals surface area contributed by atoms with Crippen LogP contribution in [0.1, 0.15) is 19.4 Å². The van der Waals surface area contributed by atoms with Crippen molar-refractivity contribution in [3.63, 3.8) is 0 Å². The maximum atomic E-state index is 11.1. The number of ether oxygens (including phenoxy) is 1. The maximum absolute atomic E-state index is 11.1. The van der Waals surface area contributed by atoms with Crippen LogP contribution in [0.3, 0.4) is 0 Å². The molecule has 4 heteroatoms. The van der Waals surface area contributed by atoms with Crippen LogP contribution in [0.4, 0.5) is 0 Å². The fraction of sp³-hybridized carbons (Fsp3) is 0.250. The molecular weight excluding hydrogens is 272 g/mol. The zero-order valence-electron chi connectivity index (χ0n) is 9.37. The van der Waals surface area contributed by atoms with Crippen LogP contribution in [0.2, 0.25) is 0 Å². The number of allylic oxidation sites excluding steroid dienone is 1. The Morgan fingerprint density at radius 2 is 2.06 bits per heavy atom. The Hall–Kier alpha value is -1.29. The molecule has 3 nitrogen and oxygen atoms in total. The highest BCUT2D eigenvalue weighted by molar-refractivity contribution is 9.10. The average molecular weight is 285 g/mol. The third-order valence-corrected chi connectivity index (χ3v) is 2.81. The lowest BCUT2D eigenvalue weighted by Crippen LogP contribution is -1.91. The van der Waals surface area contributed by atoms with Gasteiger partial charge in [-0.1, -0.05) is 0 Å². The minimum Gasteiger partial charge on any atom is -0.503 e. The molecule has 16 heavy (non-hydrogen) atoms. The number of aromatic hydroxyl groups is 1. The van der Waals surface area contributed by atoms with E-state index in [1.807, 2.05) is 0 Å². The van der Waals surface area contributed by atoms with E-state index in [1.54, 1.807) is 25.1 Å². The van der Waals surface area contributed by atoms with Crippen molar-refractivity contribution in [2.45, 2.75) is 13.8 Å². The standard InChI is InChI=1S/C12H13BrO3/c1-7(8(2)14)4-9-5-10(13)12(15)11(6-9)16-3/h4-6,15H,1-3H3/b7-4-. The fourth-order valence-corrected chi connectivity index (χ4v) is 1.64. The van der Waals surface area contributed by atoms with Crippen molar-refractivity contribution < 1.29 is 14.6 Å². The van der Waals surface area contributed by atoms with Gasteiger partial charge >= 0.3 is 0 Å². The second kappa shape index (κ2) is 5.16. The lowest BCUT2D eigenvalue weighted by molar-refractivity contribution is -0.113. The van der Waals surface area contributed by atoms with Crippen molar-refractivity contribution >= 4 is 27.8 Å². The monoisotopic (exact) mass is 284 g/mol. The molecule has 1 N–H and O–H groups in total. The first-order valence-electron chi connectivity index (χ1n) is 4.71. The number of phenols is 1. The normalized spacial score (nSPS) is 11.4. The van der Waals surface area contributed by atoms with E-state index in [4.69, 9.17) is 4.74 Å². The van der Waals surface area contributed by atoms with Crippen LogP contribution in [0.25, 0.3) is 6.08 Å². The van der Waals surface area contributed by atoms with Crippen LogP contribution in [0.5, 0.6) is 11.5 Å². The van der Waals surface area contributed by atoms with Gasteiger partial charge in [0.25, 0.3) is 0 Å². The fourth-order valence-electron chi connectivity index (χ4n) is 1.18. The highest BCUT2D eigenvalue weighted by atomic mass is 79.9. The highest BCUT2D eigenvalue weighted by Gasteiger charge is 2.08. The number of carbonyl (C=O) groups excluding carboxylic acids is 1. The number of hydrogen-bond acceptors (Lipinski definition) is 3. The highest BCUT2D eigenvalue weighted by Crippen LogP contribution is 2.35. The first-order valence-corrected chi connectivity index (χ1v) is 5.50. The number of benzene rings is 1. The van der Waals surface area contributed by atoms with Gasteiger partial charge in [0, 0.05) is 0 Å². The van der Waals surface area contributed by atoms with Crippen molar-refractivity contribution in [1.29, 1.82) is 0 Å². The van der Waals surface area contributed by atoms with Crippen molar-refractivity contribution in [3.8, 4) is 11.5 Å². The van der Waals surface area contributed by atoms with E-state index in [0.29, 0.717) is 15.8 Å². The summed E-state index contributed by atoms with van der Waals surface area (Å²) in [6.45, 7) is 3.26. The molecule has 0 unspecified atom stereocenters. The van der Waals surface area contributed by atoms with Crippen LogP contribution < -0.4 is 4.74 Å². The Morgan fingerprint density at radius 3 is 2.56 bits per heavy atom. The smallest absolute Gasteiger partial charge is 0.172 e. The number of phenolic OH excluding ortho intramolecular Hbond substituents is 1. The quantitative estimate of drug-likeness (QED) is 0.868. The molecular formula is C12H13BrO3. The van der Waals surface area contributed by atoms with Gasteiger partial charge in [0.2, 0.25) is 0 Å². The van der Waals surface area contributed by atoms with Crippen LogP contribution in [0, 0.1) is 0 Å². The second-order valence-electron chi connectivity index (χ2n) is 3.44. The summed E-state index contributed by atoms with van der Waals surface area (Å²) in [5, 5.41) is 9.61. The van der Waals surface area contributed by atoms with Gasteiger partial charge < -0.3 is 9.84 Å². The molecule has 1 aromatic rings. The number of rotatable bonds is 3. The lowest BCUT2D eigenvalue weighted by Gasteiger charge is -2.07. The molecule has 0 radical (unpaired) electrons. The number of ketones is 1. The maximum Gasteiger partial charge on any atom is 0.172 e. The summed E-state index contributed by atoms with van der Waals surface area (Å²) in [5.74, 6) is 0.445. The summed E-state index contributed by atoms with van der Waals surface area (Å²) in [4.78, 5) is 11.1. The van der Waals surface area contributed by atoms with E-state index in [9.17, 15) is 9.90 Å². The zero-order valence-corrected chi connectivity index (χ0v) is 11.0. The van der Waals surface area contributed by atoms with E-state index in [0.717, 1.165) is 5.56 Å². The Balaban J connectivity index is 3.22. The van der Waals surface area contributed by atoms with E-state index in [2.05, 4.69) is 15.9 Å². The van der Waals surface area contributed by atoms with Crippen molar-refractivity contribution in [1.82, 2.24) is 0 Å². The third kappa shape index (κ3) is 2.85. The first-order chi connectivity index (χ1) is 7.45. The molecule has 0 aliphatic carbocycles. The second-order valence-corrected chi connectivity index (χ2v) is 4.29. The van der Waals surface area contributed by atoms with Crippen molar-refractivity contribution in [3.05, 3.63) is 27.7 Å². The molecule has 0 aliphatic heterocycles. The SMILES string of the molecule is COc1cc(/C=C(/C)C(C)=O)cc(Br)c1O. The van der Waals surface area contributed by atoms with Gasteiger partial charge in [0.1, 0.15) is 0 Å². The molecule has 0 spiro atoms. The van der Waals surface area contributed by atoms with Gasteiger partial charge in [-0.05, 0) is 59.1 Å². The van der Waals surface area contributed by atoms with E-state index in [1.165, 1.54) is 14.0 Å². The summed E-state index contributed by atoms with van der Waals surface area (Å²) in [5.41, 5.74) is 1.45. The molecule has 0 aromatic heterocycles. The Kier molecular flexibility index (Phi) is 4.12. The minimum atomic E-state index is 0.0168. The van der Waals surface area contributed by atoms with Crippen LogP contribution in [-0.4, -0.2) is 18.0 Å². The Morgan fingerprint density at radius 1 is 1.44 bits per heavy atom. The zero-order chi connectivity index (χ0) is 12.3. The van der Waals surface area contributed by atoms with Crippen molar-refractivity contribution in [2.75, 3.05) is 7.11 Å². The molecule has 0 fully saturated rings. The molecule has 1 rings (SSSR count). The molecule has 86 valence electrons. The predicted octanol–water partition coefficient (Wildman–Crippen LogP) is 3.16. The first kappa shape index (κ1) is 12.8. The number of methoxy groups -OCH3 is 1. The minimum absolute atomic E-state index is 0.0168. The average Bonchev–Trinajstić information content (AvgIpc) is 2.22. The topological polar surface area (TPSA) is 46.5 Å². The van der Waals surface area contributed by atoms with Gasteiger partial charge in [-0.15, -0.1) is 0 Å². The van der Waals surface area contributed by atoms with Gasteiger partial charge in [-0.2, -0.15) is 0 Å². The number of Topliss-reactive ketones (excluding diaryl/α,β-unsaturated/α-hetero) is 1. The number of carbonyl (C=O) groups is 1. The molecule has 0 heterocycles. The summed E-state index contributed by atoms with van der Waals surface area (Å²) in [6.07, 6.45) is 1.75. The summed E-state index contributed by atoms with van der Waals surface area (Å²) < 4.78 is 5.55. The van der Waals surface area contributed by atoms with Gasteiger partial charge in [-0.25, -0.2) is 0 Å². The molecule has 0 atom stereocenters. The molecule has 0 aliphatic rings. The molecule has 0 saturated carbocycles. The summed E-state index contributed by atoms with van der Waals surface area (Å²) >= 11 is 3.22. The predicted molar refractivity (Wildman–Crippen MR) is 66.7 cm³/mol. The number of halogens is 1. The van der Waals surface area contributed by atoms with Crippen molar-refractivity contribution in [2.24, 2.45) is 0 Å². The van der Waals surface area contributed by atoms with E-state index >= 15 is 0 Å².